The average molecular weight is 321 g/mol. The molecule has 0 bridgehead atoms. The summed E-state index contributed by atoms with van der Waals surface area (Å²) in [5.74, 6) is 0.707. The van der Waals surface area contributed by atoms with Gasteiger partial charge in [-0.3, -0.25) is 4.79 Å². The monoisotopic (exact) mass is 321 g/mol. The van der Waals surface area contributed by atoms with Crippen molar-refractivity contribution in [3.05, 3.63) is 48.9 Å². The normalized spacial score (nSPS) is 17.8. The van der Waals surface area contributed by atoms with Crippen molar-refractivity contribution in [1.82, 2.24) is 15.0 Å². The first-order valence-electron chi connectivity index (χ1n) is 8.19. The minimum atomic E-state index is -0.0514. The van der Waals surface area contributed by atoms with Gasteiger partial charge in [0, 0.05) is 48.3 Å². The summed E-state index contributed by atoms with van der Waals surface area (Å²) < 4.78 is 0. The second-order valence-corrected chi connectivity index (χ2v) is 6.10. The zero-order chi connectivity index (χ0) is 16.4. The largest absolute Gasteiger partial charge is 0.361 e. The van der Waals surface area contributed by atoms with Crippen LogP contribution in [0.1, 0.15) is 12.8 Å². The van der Waals surface area contributed by atoms with Crippen LogP contribution < -0.4 is 10.2 Å². The molecule has 24 heavy (non-hydrogen) atoms. The second-order valence-electron chi connectivity index (χ2n) is 6.10. The Kier molecular flexibility index (Phi) is 3.86. The van der Waals surface area contributed by atoms with E-state index < -0.39 is 0 Å². The third kappa shape index (κ3) is 2.95. The van der Waals surface area contributed by atoms with Crippen LogP contribution in [0.5, 0.6) is 0 Å². The maximum Gasteiger partial charge on any atom is 0.229 e. The lowest BCUT2D eigenvalue weighted by molar-refractivity contribution is -0.120. The highest BCUT2D eigenvalue weighted by Gasteiger charge is 2.27. The van der Waals surface area contributed by atoms with Gasteiger partial charge < -0.3 is 15.2 Å². The number of carbonyl (C=O) groups is 1. The summed E-state index contributed by atoms with van der Waals surface area (Å²) in [6, 6.07) is 9.70. The lowest BCUT2D eigenvalue weighted by atomic mass is 9.97. The first-order valence-corrected chi connectivity index (χ1v) is 8.19. The maximum atomic E-state index is 12.6. The average Bonchev–Trinajstić information content (AvgIpc) is 3.10. The molecular formula is C18H19N5O. The van der Waals surface area contributed by atoms with Gasteiger partial charge in [-0.05, 0) is 43.2 Å². The second kappa shape index (κ2) is 6.31. The van der Waals surface area contributed by atoms with Crippen LogP contribution in [0.15, 0.2) is 48.9 Å². The molecular weight excluding hydrogens is 302 g/mol. The van der Waals surface area contributed by atoms with Crippen LogP contribution in [-0.4, -0.2) is 33.9 Å². The molecule has 6 nitrogen and oxygen atoms in total. The predicted octanol–water partition coefficient (Wildman–Crippen LogP) is 2.81. The van der Waals surface area contributed by atoms with Gasteiger partial charge in [-0.15, -0.1) is 0 Å². The lowest BCUT2D eigenvalue weighted by Gasteiger charge is -2.31. The number of nitrogens with one attached hydrogen (secondary N) is 2. The van der Waals surface area contributed by atoms with E-state index in [1.54, 1.807) is 18.5 Å². The van der Waals surface area contributed by atoms with Gasteiger partial charge in [-0.2, -0.15) is 0 Å². The summed E-state index contributed by atoms with van der Waals surface area (Å²) in [5.41, 5.74) is 1.90. The van der Waals surface area contributed by atoms with Gasteiger partial charge in [0.25, 0.3) is 0 Å². The van der Waals surface area contributed by atoms with E-state index in [0.717, 1.165) is 36.0 Å². The molecule has 0 unspecified atom stereocenters. The molecule has 6 heteroatoms. The molecule has 1 atom stereocenters. The highest BCUT2D eigenvalue weighted by Crippen LogP contribution is 2.23. The maximum absolute atomic E-state index is 12.6. The van der Waals surface area contributed by atoms with Gasteiger partial charge in [0.05, 0.1) is 5.92 Å². The van der Waals surface area contributed by atoms with Crippen molar-refractivity contribution in [2.24, 2.45) is 5.92 Å². The van der Waals surface area contributed by atoms with E-state index >= 15 is 0 Å². The quantitative estimate of drug-likeness (QED) is 0.778. The van der Waals surface area contributed by atoms with Gasteiger partial charge >= 0.3 is 0 Å². The van der Waals surface area contributed by atoms with Gasteiger partial charge in [0.15, 0.2) is 0 Å². The third-order valence-electron chi connectivity index (χ3n) is 4.45. The number of aromatic nitrogens is 3. The van der Waals surface area contributed by atoms with E-state index in [-0.39, 0.29) is 11.8 Å². The zero-order valence-corrected chi connectivity index (χ0v) is 13.3. The number of H-pyrrole nitrogens is 1. The van der Waals surface area contributed by atoms with E-state index in [1.807, 2.05) is 30.5 Å². The summed E-state index contributed by atoms with van der Waals surface area (Å²) >= 11 is 0. The summed E-state index contributed by atoms with van der Waals surface area (Å²) in [4.78, 5) is 26.4. The van der Waals surface area contributed by atoms with E-state index in [4.69, 9.17) is 0 Å². The Labute approximate surface area is 139 Å². The lowest BCUT2D eigenvalue weighted by Crippen LogP contribution is -2.41. The molecule has 3 heterocycles. The number of piperidine rings is 1. The van der Waals surface area contributed by atoms with E-state index in [1.165, 1.54) is 0 Å². The minimum Gasteiger partial charge on any atom is -0.361 e. The number of hydrogen-bond acceptors (Lipinski definition) is 4. The fourth-order valence-electron chi connectivity index (χ4n) is 3.20. The van der Waals surface area contributed by atoms with Crippen molar-refractivity contribution >= 4 is 28.4 Å². The van der Waals surface area contributed by atoms with Crippen LogP contribution >= 0.6 is 0 Å². The Balaban J connectivity index is 1.45. The van der Waals surface area contributed by atoms with Crippen LogP contribution in [-0.2, 0) is 4.79 Å². The first-order chi connectivity index (χ1) is 11.8. The molecule has 1 amide bonds. The van der Waals surface area contributed by atoms with E-state index in [2.05, 4.69) is 25.2 Å². The summed E-state index contributed by atoms with van der Waals surface area (Å²) in [5, 5.41) is 4.14. The zero-order valence-electron chi connectivity index (χ0n) is 13.3. The molecule has 0 spiro atoms. The van der Waals surface area contributed by atoms with Crippen molar-refractivity contribution in [2.75, 3.05) is 23.3 Å². The van der Waals surface area contributed by atoms with Crippen LogP contribution in [0, 0.1) is 5.92 Å². The van der Waals surface area contributed by atoms with Crippen LogP contribution in [0.2, 0.25) is 0 Å². The number of fused-ring (bicyclic) bond motifs is 1. The third-order valence-corrected chi connectivity index (χ3v) is 4.45. The van der Waals surface area contributed by atoms with Crippen LogP contribution in [0.3, 0.4) is 0 Å². The Bertz CT molecular complexity index is 845. The molecule has 0 aliphatic carbocycles. The highest BCUT2D eigenvalue weighted by molar-refractivity contribution is 5.95. The summed E-state index contributed by atoms with van der Waals surface area (Å²) in [6.45, 7) is 1.55. The fourth-order valence-corrected chi connectivity index (χ4v) is 3.20. The van der Waals surface area contributed by atoms with Crippen molar-refractivity contribution in [3.63, 3.8) is 0 Å². The number of rotatable bonds is 3. The van der Waals surface area contributed by atoms with Gasteiger partial charge in [0.1, 0.15) is 0 Å². The first kappa shape index (κ1) is 14.7. The molecule has 1 aliphatic heterocycles. The van der Waals surface area contributed by atoms with Gasteiger partial charge in [-0.25, -0.2) is 9.97 Å². The molecule has 1 fully saturated rings. The van der Waals surface area contributed by atoms with E-state index in [0.29, 0.717) is 12.5 Å². The smallest absolute Gasteiger partial charge is 0.229 e. The number of amides is 1. The Morgan fingerprint density at radius 1 is 1.25 bits per heavy atom. The Morgan fingerprint density at radius 2 is 2.12 bits per heavy atom. The van der Waals surface area contributed by atoms with Crippen molar-refractivity contribution in [1.29, 1.82) is 0 Å². The minimum absolute atomic E-state index is 0.0514. The van der Waals surface area contributed by atoms with Gasteiger partial charge in [-0.1, -0.05) is 0 Å². The number of anilines is 2. The number of aromatic amines is 1. The molecule has 1 saturated heterocycles. The molecule has 3 aromatic rings. The van der Waals surface area contributed by atoms with Crippen LogP contribution in [0.4, 0.5) is 11.6 Å². The summed E-state index contributed by atoms with van der Waals surface area (Å²) in [7, 11) is 0. The highest BCUT2D eigenvalue weighted by atomic mass is 16.1. The molecule has 0 saturated carbocycles. The number of carbonyl (C=O) groups excluding carboxylic acids is 1. The fraction of sp³-hybridized carbons (Fsp3) is 0.278. The predicted molar refractivity (Wildman–Crippen MR) is 93.9 cm³/mol. The topological polar surface area (TPSA) is 73.9 Å². The van der Waals surface area contributed by atoms with Crippen molar-refractivity contribution < 1.29 is 4.79 Å². The Hall–Kier alpha value is -2.89. The molecule has 2 aromatic heterocycles. The Morgan fingerprint density at radius 3 is 3.00 bits per heavy atom. The van der Waals surface area contributed by atoms with Gasteiger partial charge in [0.2, 0.25) is 11.9 Å². The molecule has 1 aromatic carbocycles. The van der Waals surface area contributed by atoms with Crippen LogP contribution in [0.25, 0.3) is 10.9 Å². The molecule has 1 aliphatic rings. The number of benzene rings is 1. The SMILES string of the molecule is O=C(Nc1ccc2[nH]ccc2c1)[C@H]1CCCN(c2ncccn2)C1. The molecule has 0 radical (unpaired) electrons. The molecule has 4 rings (SSSR count). The van der Waals surface area contributed by atoms with Crippen molar-refractivity contribution in [3.8, 4) is 0 Å². The molecule has 2 N–H and O–H groups in total. The number of nitrogens with zero attached hydrogens (tertiary/aromatic N) is 3. The molecule has 122 valence electrons. The van der Waals surface area contributed by atoms with E-state index in [9.17, 15) is 4.79 Å². The summed E-state index contributed by atoms with van der Waals surface area (Å²) in [6.07, 6.45) is 7.22. The number of hydrogen-bond donors (Lipinski definition) is 2. The van der Waals surface area contributed by atoms with Crippen molar-refractivity contribution in [2.45, 2.75) is 12.8 Å². The standard InChI is InChI=1S/C18H19N5O/c24-17(22-15-4-5-16-13(11-15)6-9-19-16)14-3-1-10-23(12-14)18-20-7-2-8-21-18/h2,4-9,11,14,19H,1,3,10,12H2,(H,22,24)/t14-/m0/s1.